The molecule has 0 saturated carbocycles. The van der Waals surface area contributed by atoms with Crippen LogP contribution in [0.25, 0.3) is 0 Å². The van der Waals surface area contributed by atoms with E-state index in [1.165, 1.54) is 5.28 Å². The van der Waals surface area contributed by atoms with Crippen molar-refractivity contribution in [1.82, 2.24) is 0 Å². The summed E-state index contributed by atoms with van der Waals surface area (Å²) < 4.78 is 5.07. The molecule has 0 unspecified atom stereocenters. The molecule has 0 fully saturated rings. The molecule has 0 aliphatic carbocycles. The van der Waals surface area contributed by atoms with Crippen molar-refractivity contribution in [2.24, 2.45) is 0 Å². The third kappa shape index (κ3) is 4.49. The Balaban J connectivity index is 2.34. The standard InChI is InChI=1S/C2H5O.C2H5.Al/c1-2-3;1-2;/h2H2,1H3;1H2,2H3;/q-1;;+2. The third-order valence-electron chi connectivity index (χ3n) is 0.451. The Morgan fingerprint density at radius 3 is 2.33 bits per heavy atom. The molecule has 0 rings (SSSR count). The van der Waals surface area contributed by atoms with Gasteiger partial charge in [-0.15, -0.1) is 0 Å². The Kier molecular flexibility index (Phi) is 5.94. The van der Waals surface area contributed by atoms with Crippen LogP contribution in [-0.2, 0) is 3.79 Å². The molecule has 0 aliphatic rings. The topological polar surface area (TPSA) is 9.23 Å². The van der Waals surface area contributed by atoms with Crippen LogP contribution in [0.1, 0.15) is 13.8 Å². The SMILES string of the molecule is CC[O][Al+][CH2]C. The van der Waals surface area contributed by atoms with Gasteiger partial charge < -0.3 is 0 Å². The van der Waals surface area contributed by atoms with Crippen molar-refractivity contribution in [2.45, 2.75) is 19.1 Å². The van der Waals surface area contributed by atoms with Crippen molar-refractivity contribution in [3.8, 4) is 0 Å². The Morgan fingerprint density at radius 2 is 2.17 bits per heavy atom. The van der Waals surface area contributed by atoms with Crippen molar-refractivity contribution >= 4 is 15.6 Å². The van der Waals surface area contributed by atoms with E-state index in [2.05, 4.69) is 6.92 Å². The number of hydrogen-bond donors (Lipinski definition) is 0. The van der Waals surface area contributed by atoms with Crippen LogP contribution in [0.15, 0.2) is 0 Å². The molecule has 0 N–H and O–H groups in total. The second-order valence-corrected chi connectivity index (χ2v) is 2.51. The fourth-order valence-electron chi connectivity index (χ4n) is 0.236. The van der Waals surface area contributed by atoms with Gasteiger partial charge in [0.05, 0.1) is 0 Å². The van der Waals surface area contributed by atoms with Crippen molar-refractivity contribution in [3.05, 3.63) is 0 Å². The maximum atomic E-state index is 5.07. The van der Waals surface area contributed by atoms with Crippen molar-refractivity contribution < 1.29 is 3.79 Å². The Labute approximate surface area is 45.7 Å². The first-order chi connectivity index (χ1) is 2.91. The minimum atomic E-state index is 0.318. The molecule has 0 atom stereocenters. The van der Waals surface area contributed by atoms with Gasteiger partial charge in [-0.1, -0.05) is 0 Å². The van der Waals surface area contributed by atoms with E-state index in [-0.39, 0.29) is 0 Å². The van der Waals surface area contributed by atoms with Gasteiger partial charge in [-0.25, -0.2) is 0 Å². The summed E-state index contributed by atoms with van der Waals surface area (Å²) in [5, 5.41) is 1.22. The fourth-order valence-corrected chi connectivity index (χ4v) is 0.707. The summed E-state index contributed by atoms with van der Waals surface area (Å²) in [4.78, 5) is 0. The number of rotatable bonds is 3. The van der Waals surface area contributed by atoms with Gasteiger partial charge in [0, 0.05) is 0 Å². The van der Waals surface area contributed by atoms with E-state index in [9.17, 15) is 0 Å². The molecule has 34 valence electrons. The van der Waals surface area contributed by atoms with E-state index in [0.717, 1.165) is 6.61 Å². The Hall–Kier alpha value is 0.492. The molecular formula is C4H10AlO+. The molecule has 0 heterocycles. The van der Waals surface area contributed by atoms with E-state index in [1.807, 2.05) is 6.92 Å². The summed E-state index contributed by atoms with van der Waals surface area (Å²) in [5.41, 5.74) is 0. The van der Waals surface area contributed by atoms with E-state index >= 15 is 0 Å². The van der Waals surface area contributed by atoms with Crippen LogP contribution >= 0.6 is 0 Å². The first-order valence-corrected chi connectivity index (χ1v) is 3.63. The zero-order chi connectivity index (χ0) is 4.83. The Morgan fingerprint density at radius 1 is 1.50 bits per heavy atom. The van der Waals surface area contributed by atoms with Crippen LogP contribution in [0, 0.1) is 0 Å². The monoisotopic (exact) mass is 101 g/mol. The fraction of sp³-hybridized carbons (Fsp3) is 1.00. The quantitative estimate of drug-likeness (QED) is 0.382. The molecule has 0 spiro atoms. The van der Waals surface area contributed by atoms with E-state index < -0.39 is 0 Å². The van der Waals surface area contributed by atoms with Gasteiger partial charge >= 0.3 is 45.1 Å². The van der Waals surface area contributed by atoms with Crippen LogP contribution in [0.2, 0.25) is 5.28 Å². The van der Waals surface area contributed by atoms with Gasteiger partial charge in [-0.05, 0) is 0 Å². The summed E-state index contributed by atoms with van der Waals surface area (Å²) in [6.45, 7) is 5.07. The van der Waals surface area contributed by atoms with Gasteiger partial charge in [0.15, 0.2) is 0 Å². The summed E-state index contributed by atoms with van der Waals surface area (Å²) in [7, 11) is 0. The summed E-state index contributed by atoms with van der Waals surface area (Å²) >= 11 is 0.318. The maximum absolute atomic E-state index is 5.07. The first-order valence-electron chi connectivity index (χ1n) is 2.35. The molecule has 0 aromatic heterocycles. The first kappa shape index (κ1) is 6.49. The third-order valence-corrected chi connectivity index (χ3v) is 1.35. The molecule has 0 saturated heterocycles. The summed E-state index contributed by atoms with van der Waals surface area (Å²) in [6, 6.07) is 0. The number of hydrogen-bond acceptors (Lipinski definition) is 1. The van der Waals surface area contributed by atoms with Crippen LogP contribution < -0.4 is 0 Å². The van der Waals surface area contributed by atoms with E-state index in [4.69, 9.17) is 3.79 Å². The second kappa shape index (κ2) is 5.49. The van der Waals surface area contributed by atoms with Crippen molar-refractivity contribution in [3.63, 3.8) is 0 Å². The molecule has 0 amide bonds. The molecule has 1 nitrogen and oxygen atoms in total. The molecule has 2 heteroatoms. The zero-order valence-corrected chi connectivity index (χ0v) is 5.55. The molecule has 0 aliphatic heterocycles. The van der Waals surface area contributed by atoms with E-state index in [0.29, 0.717) is 15.6 Å². The molecule has 6 heavy (non-hydrogen) atoms. The van der Waals surface area contributed by atoms with Gasteiger partial charge in [0.2, 0.25) is 0 Å². The predicted molar refractivity (Wildman–Crippen MR) is 27.9 cm³/mol. The summed E-state index contributed by atoms with van der Waals surface area (Å²) in [5.74, 6) is 0. The average Bonchev–Trinajstić information content (AvgIpc) is 1.61. The second-order valence-electron chi connectivity index (χ2n) is 1.03. The van der Waals surface area contributed by atoms with Crippen molar-refractivity contribution in [1.29, 1.82) is 0 Å². The molecule has 0 aromatic rings. The van der Waals surface area contributed by atoms with Gasteiger partial charge in [0.25, 0.3) is 0 Å². The van der Waals surface area contributed by atoms with Crippen LogP contribution in [-0.4, -0.2) is 22.2 Å². The molecule has 0 radical (unpaired) electrons. The normalized spacial score (nSPS) is 7.67. The van der Waals surface area contributed by atoms with Gasteiger partial charge in [0.1, 0.15) is 0 Å². The van der Waals surface area contributed by atoms with Crippen molar-refractivity contribution in [2.75, 3.05) is 6.61 Å². The zero-order valence-electron chi connectivity index (χ0n) is 4.40. The molecular weight excluding hydrogens is 91.0 g/mol. The molecule has 0 aromatic carbocycles. The van der Waals surface area contributed by atoms with Crippen LogP contribution in [0.4, 0.5) is 0 Å². The van der Waals surface area contributed by atoms with Crippen LogP contribution in [0.5, 0.6) is 0 Å². The Bertz CT molecular complexity index is 19.5. The molecule has 0 bridgehead atoms. The average molecular weight is 101 g/mol. The predicted octanol–water partition coefficient (Wildman–Crippen LogP) is 1.08. The minimum absolute atomic E-state index is 0.318. The summed E-state index contributed by atoms with van der Waals surface area (Å²) in [6.07, 6.45) is 0. The van der Waals surface area contributed by atoms with Gasteiger partial charge in [-0.2, -0.15) is 0 Å². The van der Waals surface area contributed by atoms with Crippen LogP contribution in [0.3, 0.4) is 0 Å². The van der Waals surface area contributed by atoms with E-state index in [1.54, 1.807) is 0 Å². The van der Waals surface area contributed by atoms with Gasteiger partial charge in [-0.3, -0.25) is 0 Å².